The molecule has 0 heterocycles. The molecule has 2 nitrogen and oxygen atoms in total. The van der Waals surface area contributed by atoms with Gasteiger partial charge >= 0.3 is 0 Å². The summed E-state index contributed by atoms with van der Waals surface area (Å²) in [5, 5.41) is 0. The summed E-state index contributed by atoms with van der Waals surface area (Å²) >= 11 is 0. The molecule has 0 atom stereocenters. The average molecular weight is 311 g/mol. The summed E-state index contributed by atoms with van der Waals surface area (Å²) in [6.07, 6.45) is 22.9. The highest BCUT2D eigenvalue weighted by Crippen LogP contribution is 2.08. The Labute approximate surface area is 139 Å². The second kappa shape index (κ2) is 20.5. The Balaban J connectivity index is 2.93. The van der Waals surface area contributed by atoms with E-state index in [2.05, 4.69) is 12.8 Å². The predicted molar refractivity (Wildman–Crippen MR) is 95.9 cm³/mol. The Morgan fingerprint density at radius 3 is 1.59 bits per heavy atom. The van der Waals surface area contributed by atoms with Gasteiger partial charge in [-0.25, -0.2) is 0 Å². The van der Waals surface area contributed by atoms with Crippen LogP contribution in [0.25, 0.3) is 0 Å². The van der Waals surface area contributed by atoms with Crippen LogP contribution in [0.2, 0.25) is 0 Å². The molecule has 0 aromatic rings. The molecule has 0 amide bonds. The van der Waals surface area contributed by atoms with Crippen LogP contribution < -0.4 is 0 Å². The van der Waals surface area contributed by atoms with Gasteiger partial charge in [0.25, 0.3) is 0 Å². The number of unbranched alkanes of at least 4 members (excludes halogenated alkanes) is 12. The zero-order chi connectivity index (χ0) is 16.1. The van der Waals surface area contributed by atoms with E-state index in [0.29, 0.717) is 6.79 Å². The molecule has 0 aliphatic carbocycles. The molecule has 0 aliphatic heterocycles. The van der Waals surface area contributed by atoms with Gasteiger partial charge in [0.1, 0.15) is 6.79 Å². The van der Waals surface area contributed by atoms with Crippen LogP contribution in [-0.2, 0) is 9.47 Å². The van der Waals surface area contributed by atoms with Crippen molar-refractivity contribution >= 4 is 0 Å². The van der Waals surface area contributed by atoms with E-state index in [-0.39, 0.29) is 0 Å². The first kappa shape index (κ1) is 21.5. The van der Waals surface area contributed by atoms with Crippen molar-refractivity contribution in [2.75, 3.05) is 20.0 Å². The number of terminal acetylenes is 1. The molecule has 0 aromatic heterocycles. The average Bonchev–Trinajstić information content (AvgIpc) is 2.54. The monoisotopic (exact) mass is 310 g/mol. The predicted octanol–water partition coefficient (Wildman–Crippen LogP) is 6.09. The van der Waals surface area contributed by atoms with Crippen molar-refractivity contribution in [2.24, 2.45) is 0 Å². The molecule has 0 rings (SSSR count). The first-order chi connectivity index (χ1) is 10.9. The normalized spacial score (nSPS) is 10.7. The maximum Gasteiger partial charge on any atom is 0.146 e. The van der Waals surface area contributed by atoms with Crippen LogP contribution in [0.4, 0.5) is 0 Å². The van der Waals surface area contributed by atoms with Gasteiger partial charge in [0.05, 0.1) is 0 Å². The summed E-state index contributed by atoms with van der Waals surface area (Å²) < 4.78 is 11.0. The summed E-state index contributed by atoms with van der Waals surface area (Å²) in [4.78, 5) is 0. The molecular weight excluding hydrogens is 272 g/mol. The summed E-state index contributed by atoms with van der Waals surface area (Å²) in [5.41, 5.74) is 0. The Bertz CT molecular complexity index is 232. The molecule has 0 aliphatic rings. The maximum absolute atomic E-state index is 5.49. The van der Waals surface area contributed by atoms with E-state index in [1.807, 2.05) is 0 Å². The molecule has 0 spiro atoms. The van der Waals surface area contributed by atoms with Crippen LogP contribution in [0.5, 0.6) is 0 Å². The van der Waals surface area contributed by atoms with Gasteiger partial charge in [-0.15, -0.1) is 12.3 Å². The first-order valence-corrected chi connectivity index (χ1v) is 9.50. The van der Waals surface area contributed by atoms with E-state index in [4.69, 9.17) is 15.9 Å². The molecule has 0 saturated carbocycles. The number of rotatable bonds is 18. The van der Waals surface area contributed by atoms with Crippen LogP contribution in [0.3, 0.4) is 0 Å². The van der Waals surface area contributed by atoms with Crippen LogP contribution in [0, 0.1) is 12.3 Å². The van der Waals surface area contributed by atoms with E-state index in [1.165, 1.54) is 77.0 Å². The molecule has 130 valence electrons. The van der Waals surface area contributed by atoms with E-state index in [0.717, 1.165) is 26.1 Å². The largest absolute Gasteiger partial charge is 0.355 e. The van der Waals surface area contributed by atoms with Gasteiger partial charge in [-0.05, 0) is 19.3 Å². The molecule has 0 N–H and O–H groups in total. The number of hydrogen-bond donors (Lipinski definition) is 0. The third-order valence-electron chi connectivity index (χ3n) is 3.92. The molecule has 0 bridgehead atoms. The van der Waals surface area contributed by atoms with E-state index in [9.17, 15) is 0 Å². The second-order valence-corrected chi connectivity index (χ2v) is 6.13. The molecule has 0 fully saturated rings. The SMILES string of the molecule is C#CCCCCCCCOCOCCCCCCCCCC. The van der Waals surface area contributed by atoms with Crippen molar-refractivity contribution in [2.45, 2.75) is 96.8 Å². The molecule has 0 aromatic carbocycles. The second-order valence-electron chi connectivity index (χ2n) is 6.13. The Kier molecular flexibility index (Phi) is 20.0. The van der Waals surface area contributed by atoms with Crippen LogP contribution in [0.15, 0.2) is 0 Å². The van der Waals surface area contributed by atoms with Crippen molar-refractivity contribution in [3.63, 3.8) is 0 Å². The molecular formula is C20H38O2. The molecule has 22 heavy (non-hydrogen) atoms. The standard InChI is InChI=1S/C20H38O2/c1-3-5-7-9-11-13-15-17-19-22-20-21-18-16-14-12-10-8-6-4-2/h2H,3,5-20H2,1H3. The fourth-order valence-corrected chi connectivity index (χ4v) is 2.48. The quantitative estimate of drug-likeness (QED) is 0.173. The zero-order valence-electron chi connectivity index (χ0n) is 14.9. The topological polar surface area (TPSA) is 18.5 Å². The lowest BCUT2D eigenvalue weighted by Gasteiger charge is -2.06. The van der Waals surface area contributed by atoms with E-state index < -0.39 is 0 Å². The molecule has 2 heteroatoms. The smallest absolute Gasteiger partial charge is 0.146 e. The maximum atomic E-state index is 5.49. The van der Waals surface area contributed by atoms with Crippen molar-refractivity contribution in [1.29, 1.82) is 0 Å². The van der Waals surface area contributed by atoms with Gasteiger partial charge in [0.15, 0.2) is 0 Å². The summed E-state index contributed by atoms with van der Waals surface area (Å²) in [5.74, 6) is 2.68. The third kappa shape index (κ3) is 19.5. The highest BCUT2D eigenvalue weighted by molar-refractivity contribution is 4.82. The van der Waals surface area contributed by atoms with Crippen LogP contribution >= 0.6 is 0 Å². The van der Waals surface area contributed by atoms with Crippen molar-refractivity contribution < 1.29 is 9.47 Å². The molecule has 0 unspecified atom stereocenters. The van der Waals surface area contributed by atoms with Gasteiger partial charge in [0.2, 0.25) is 0 Å². The fourth-order valence-electron chi connectivity index (χ4n) is 2.48. The van der Waals surface area contributed by atoms with Gasteiger partial charge in [-0.1, -0.05) is 71.1 Å². The van der Waals surface area contributed by atoms with Crippen LogP contribution in [-0.4, -0.2) is 20.0 Å². The summed E-state index contributed by atoms with van der Waals surface area (Å²) in [6.45, 7) is 4.40. The highest BCUT2D eigenvalue weighted by Gasteiger charge is 1.94. The van der Waals surface area contributed by atoms with E-state index in [1.54, 1.807) is 0 Å². The first-order valence-electron chi connectivity index (χ1n) is 9.50. The summed E-state index contributed by atoms with van der Waals surface area (Å²) in [6, 6.07) is 0. The minimum Gasteiger partial charge on any atom is -0.355 e. The van der Waals surface area contributed by atoms with Crippen molar-refractivity contribution in [1.82, 2.24) is 0 Å². The van der Waals surface area contributed by atoms with Gasteiger partial charge < -0.3 is 9.47 Å². The lowest BCUT2D eigenvalue weighted by Crippen LogP contribution is -2.03. The fraction of sp³-hybridized carbons (Fsp3) is 0.900. The van der Waals surface area contributed by atoms with E-state index >= 15 is 0 Å². The number of hydrogen-bond acceptors (Lipinski definition) is 2. The lowest BCUT2D eigenvalue weighted by atomic mass is 10.1. The van der Waals surface area contributed by atoms with Crippen LogP contribution in [0.1, 0.15) is 96.8 Å². The number of ether oxygens (including phenoxy) is 2. The Morgan fingerprint density at radius 1 is 0.636 bits per heavy atom. The highest BCUT2D eigenvalue weighted by atomic mass is 16.7. The van der Waals surface area contributed by atoms with Gasteiger partial charge in [-0.2, -0.15) is 0 Å². The minimum atomic E-state index is 0.466. The minimum absolute atomic E-state index is 0.466. The van der Waals surface area contributed by atoms with Crippen molar-refractivity contribution in [3.8, 4) is 12.3 Å². The molecule has 0 saturated heterocycles. The zero-order valence-corrected chi connectivity index (χ0v) is 14.9. The Hall–Kier alpha value is -0.520. The lowest BCUT2D eigenvalue weighted by molar-refractivity contribution is -0.0556. The van der Waals surface area contributed by atoms with Crippen molar-refractivity contribution in [3.05, 3.63) is 0 Å². The Morgan fingerprint density at radius 2 is 1.09 bits per heavy atom. The third-order valence-corrected chi connectivity index (χ3v) is 3.92. The van der Waals surface area contributed by atoms with Gasteiger partial charge in [0, 0.05) is 19.6 Å². The van der Waals surface area contributed by atoms with Gasteiger partial charge in [-0.3, -0.25) is 0 Å². The summed E-state index contributed by atoms with van der Waals surface area (Å²) in [7, 11) is 0. The molecule has 0 radical (unpaired) electrons.